The standard InChI is InChI=1S/C13H8BrCl2FO/c14-11-4-3-10(17)6-13(11)18-12-5-9(16)2-1-8(12)7-15/h1-6H,7H2. The molecule has 5 heteroatoms. The number of rotatable bonds is 3. The van der Waals surface area contributed by atoms with Gasteiger partial charge in [0.1, 0.15) is 17.3 Å². The number of alkyl halides is 1. The molecule has 0 heterocycles. The van der Waals surface area contributed by atoms with Gasteiger partial charge in [-0.1, -0.05) is 17.7 Å². The molecule has 1 nitrogen and oxygen atoms in total. The van der Waals surface area contributed by atoms with E-state index in [-0.39, 0.29) is 5.82 Å². The fraction of sp³-hybridized carbons (Fsp3) is 0.0769. The van der Waals surface area contributed by atoms with Gasteiger partial charge in [-0.3, -0.25) is 0 Å². The van der Waals surface area contributed by atoms with Gasteiger partial charge in [0.15, 0.2) is 0 Å². The van der Waals surface area contributed by atoms with Crippen LogP contribution >= 0.6 is 39.1 Å². The van der Waals surface area contributed by atoms with Crippen LogP contribution in [0.2, 0.25) is 5.02 Å². The molecule has 0 aliphatic heterocycles. The van der Waals surface area contributed by atoms with E-state index in [4.69, 9.17) is 27.9 Å². The van der Waals surface area contributed by atoms with Crippen LogP contribution in [0, 0.1) is 5.82 Å². The van der Waals surface area contributed by atoms with Crippen LogP contribution < -0.4 is 4.74 Å². The third-order valence-electron chi connectivity index (χ3n) is 2.29. The Morgan fingerprint density at radius 3 is 2.61 bits per heavy atom. The smallest absolute Gasteiger partial charge is 0.144 e. The van der Waals surface area contributed by atoms with Crippen LogP contribution in [0.4, 0.5) is 4.39 Å². The van der Waals surface area contributed by atoms with Crippen LogP contribution in [0.3, 0.4) is 0 Å². The van der Waals surface area contributed by atoms with Crippen LogP contribution in [-0.2, 0) is 5.88 Å². The minimum absolute atomic E-state index is 0.291. The minimum atomic E-state index is -0.373. The second-order valence-corrected chi connectivity index (χ2v) is 5.12. The number of hydrogen-bond acceptors (Lipinski definition) is 1. The van der Waals surface area contributed by atoms with Gasteiger partial charge in [-0.15, -0.1) is 11.6 Å². The average molecular weight is 350 g/mol. The van der Waals surface area contributed by atoms with E-state index >= 15 is 0 Å². The number of benzene rings is 2. The van der Waals surface area contributed by atoms with Gasteiger partial charge in [-0.25, -0.2) is 4.39 Å². The molecular weight excluding hydrogens is 342 g/mol. The third-order valence-corrected chi connectivity index (χ3v) is 3.46. The lowest BCUT2D eigenvalue weighted by Crippen LogP contribution is -1.91. The Morgan fingerprint density at radius 1 is 1.11 bits per heavy atom. The molecular formula is C13H8BrCl2FO. The van der Waals surface area contributed by atoms with Gasteiger partial charge in [-0.2, -0.15) is 0 Å². The predicted molar refractivity (Wildman–Crippen MR) is 75.2 cm³/mol. The molecule has 0 unspecified atom stereocenters. The van der Waals surface area contributed by atoms with Crippen molar-refractivity contribution in [1.82, 2.24) is 0 Å². The molecule has 0 aromatic heterocycles. The second-order valence-electron chi connectivity index (χ2n) is 3.56. The molecule has 0 amide bonds. The number of ether oxygens (including phenoxy) is 1. The Balaban J connectivity index is 2.38. The van der Waals surface area contributed by atoms with E-state index in [0.29, 0.717) is 26.9 Å². The van der Waals surface area contributed by atoms with Crippen molar-refractivity contribution in [2.24, 2.45) is 0 Å². The maximum absolute atomic E-state index is 13.2. The van der Waals surface area contributed by atoms with Gasteiger partial charge < -0.3 is 4.74 Å². The number of halogens is 4. The van der Waals surface area contributed by atoms with Crippen LogP contribution in [0.5, 0.6) is 11.5 Å². The van der Waals surface area contributed by atoms with Crippen molar-refractivity contribution in [2.45, 2.75) is 5.88 Å². The lowest BCUT2D eigenvalue weighted by atomic mass is 10.2. The third kappa shape index (κ3) is 3.16. The molecule has 0 fully saturated rings. The largest absolute Gasteiger partial charge is 0.456 e. The molecule has 0 N–H and O–H groups in total. The molecule has 0 aliphatic carbocycles. The highest BCUT2D eigenvalue weighted by atomic mass is 79.9. The van der Waals surface area contributed by atoms with E-state index in [1.54, 1.807) is 24.3 Å². The molecule has 18 heavy (non-hydrogen) atoms. The zero-order valence-electron chi connectivity index (χ0n) is 9.09. The van der Waals surface area contributed by atoms with Crippen molar-refractivity contribution >= 4 is 39.1 Å². The first-order valence-corrected chi connectivity index (χ1v) is 6.78. The van der Waals surface area contributed by atoms with Gasteiger partial charge in [0.25, 0.3) is 0 Å². The first kappa shape index (κ1) is 13.7. The minimum Gasteiger partial charge on any atom is -0.456 e. The summed E-state index contributed by atoms with van der Waals surface area (Å²) in [4.78, 5) is 0. The predicted octanol–water partition coefficient (Wildman–Crippen LogP) is 5.77. The summed E-state index contributed by atoms with van der Waals surface area (Å²) in [6.07, 6.45) is 0. The van der Waals surface area contributed by atoms with Crippen molar-refractivity contribution in [2.75, 3.05) is 0 Å². The first-order valence-electron chi connectivity index (χ1n) is 5.07. The summed E-state index contributed by atoms with van der Waals surface area (Å²) in [5.74, 6) is 0.814. The van der Waals surface area contributed by atoms with Crippen LogP contribution in [0.1, 0.15) is 5.56 Å². The van der Waals surface area contributed by atoms with Crippen LogP contribution in [0.25, 0.3) is 0 Å². The fourth-order valence-electron chi connectivity index (χ4n) is 1.41. The van der Waals surface area contributed by atoms with E-state index in [0.717, 1.165) is 5.56 Å². The molecule has 2 rings (SSSR count). The van der Waals surface area contributed by atoms with E-state index < -0.39 is 0 Å². The summed E-state index contributed by atoms with van der Waals surface area (Å²) in [5.41, 5.74) is 0.789. The quantitative estimate of drug-likeness (QED) is 0.639. The lowest BCUT2D eigenvalue weighted by molar-refractivity contribution is 0.469. The summed E-state index contributed by atoms with van der Waals surface area (Å²) in [6, 6.07) is 9.37. The summed E-state index contributed by atoms with van der Waals surface area (Å²) in [6.45, 7) is 0. The maximum atomic E-state index is 13.2. The van der Waals surface area contributed by atoms with Crippen molar-refractivity contribution in [3.63, 3.8) is 0 Å². The van der Waals surface area contributed by atoms with E-state index in [2.05, 4.69) is 15.9 Å². The van der Waals surface area contributed by atoms with E-state index in [1.165, 1.54) is 12.1 Å². The topological polar surface area (TPSA) is 9.23 Å². The summed E-state index contributed by atoms with van der Waals surface area (Å²) < 4.78 is 19.5. The number of hydrogen-bond donors (Lipinski definition) is 0. The molecule has 2 aromatic rings. The van der Waals surface area contributed by atoms with Gasteiger partial charge >= 0.3 is 0 Å². The van der Waals surface area contributed by atoms with E-state index in [1.807, 2.05) is 0 Å². The van der Waals surface area contributed by atoms with Gasteiger partial charge in [0.2, 0.25) is 0 Å². The van der Waals surface area contributed by atoms with Crippen molar-refractivity contribution in [3.05, 3.63) is 57.3 Å². The highest BCUT2D eigenvalue weighted by Gasteiger charge is 2.09. The Kier molecular flexibility index (Phi) is 4.49. The molecule has 0 aliphatic rings. The Morgan fingerprint density at radius 2 is 1.89 bits per heavy atom. The van der Waals surface area contributed by atoms with E-state index in [9.17, 15) is 4.39 Å². The summed E-state index contributed by atoms with van der Waals surface area (Å²) >= 11 is 15.0. The summed E-state index contributed by atoms with van der Waals surface area (Å²) in [7, 11) is 0. The Hall–Kier alpha value is -0.770. The first-order chi connectivity index (χ1) is 8.60. The van der Waals surface area contributed by atoms with Crippen molar-refractivity contribution in [1.29, 1.82) is 0 Å². The van der Waals surface area contributed by atoms with Crippen LogP contribution in [-0.4, -0.2) is 0 Å². The van der Waals surface area contributed by atoms with Gasteiger partial charge in [0.05, 0.1) is 10.4 Å². The highest BCUT2D eigenvalue weighted by molar-refractivity contribution is 9.10. The molecule has 0 saturated heterocycles. The average Bonchev–Trinajstić information content (AvgIpc) is 2.34. The van der Waals surface area contributed by atoms with Gasteiger partial charge in [0, 0.05) is 16.7 Å². The molecule has 0 saturated carbocycles. The molecule has 0 spiro atoms. The molecule has 0 radical (unpaired) electrons. The van der Waals surface area contributed by atoms with Crippen molar-refractivity contribution in [3.8, 4) is 11.5 Å². The molecule has 0 atom stereocenters. The lowest BCUT2D eigenvalue weighted by Gasteiger charge is -2.11. The SMILES string of the molecule is Fc1ccc(Br)c(Oc2cc(Cl)ccc2CCl)c1. The summed E-state index contributed by atoms with van der Waals surface area (Å²) in [5, 5.41) is 0.534. The fourth-order valence-corrected chi connectivity index (χ4v) is 2.12. The Bertz CT molecular complexity index is 575. The zero-order chi connectivity index (χ0) is 13.1. The second kappa shape index (κ2) is 5.91. The molecule has 94 valence electrons. The maximum Gasteiger partial charge on any atom is 0.144 e. The Labute approximate surface area is 123 Å². The monoisotopic (exact) mass is 348 g/mol. The zero-order valence-corrected chi connectivity index (χ0v) is 12.2. The van der Waals surface area contributed by atoms with Gasteiger partial charge in [-0.05, 0) is 40.2 Å². The van der Waals surface area contributed by atoms with Crippen LogP contribution in [0.15, 0.2) is 40.9 Å². The normalized spacial score (nSPS) is 10.4. The molecule has 0 bridgehead atoms. The highest BCUT2D eigenvalue weighted by Crippen LogP contribution is 2.34. The van der Waals surface area contributed by atoms with Crippen molar-refractivity contribution < 1.29 is 9.13 Å². The molecule has 2 aromatic carbocycles.